The predicted octanol–water partition coefficient (Wildman–Crippen LogP) is 2.17. The van der Waals surface area contributed by atoms with Crippen LogP contribution in [0.15, 0.2) is 18.2 Å². The Bertz CT molecular complexity index is 412. The average molecular weight is 257 g/mol. The Labute approximate surface area is 104 Å². The molecule has 2 N–H and O–H groups in total. The van der Waals surface area contributed by atoms with E-state index in [1.165, 1.54) is 0 Å². The number of amides is 2. The van der Waals surface area contributed by atoms with Crippen LogP contribution in [0.25, 0.3) is 0 Å². The van der Waals surface area contributed by atoms with Gasteiger partial charge in [0, 0.05) is 24.2 Å². The molecule has 1 aliphatic rings. The van der Waals surface area contributed by atoms with Crippen molar-refractivity contribution in [2.75, 3.05) is 24.5 Å². The summed E-state index contributed by atoms with van der Waals surface area (Å²) >= 11 is 5.51. The average Bonchev–Trinajstić information content (AvgIpc) is 2.76. The van der Waals surface area contributed by atoms with Crippen LogP contribution in [-0.4, -0.2) is 25.2 Å². The number of alkyl halides is 1. The number of rotatable bonds is 4. The summed E-state index contributed by atoms with van der Waals surface area (Å²) in [5.41, 5.74) is 0.664. The van der Waals surface area contributed by atoms with Gasteiger partial charge in [-0.3, -0.25) is 0 Å². The lowest BCUT2D eigenvalue weighted by molar-refractivity contribution is 0.174. The number of nitrogens with one attached hydrogen (secondary N) is 2. The topological polar surface area (TPSA) is 59.6 Å². The van der Waals surface area contributed by atoms with Crippen LogP contribution < -0.4 is 20.1 Å². The minimum atomic E-state index is -0.256. The fraction of sp³-hybridized carbons (Fsp3) is 0.364. The van der Waals surface area contributed by atoms with Gasteiger partial charge in [-0.1, -0.05) is 0 Å². The summed E-state index contributed by atoms with van der Waals surface area (Å²) in [5, 5.41) is 5.40. The van der Waals surface area contributed by atoms with Gasteiger partial charge in [0.05, 0.1) is 0 Å². The minimum absolute atomic E-state index is 0.223. The van der Waals surface area contributed by atoms with E-state index in [-0.39, 0.29) is 12.8 Å². The van der Waals surface area contributed by atoms with E-state index in [4.69, 9.17) is 21.1 Å². The SMILES string of the molecule is O=C(NCCCCl)Nc1ccc2c(c1)OCO2. The fourth-order valence-electron chi connectivity index (χ4n) is 1.42. The maximum Gasteiger partial charge on any atom is 0.319 e. The highest BCUT2D eigenvalue weighted by Gasteiger charge is 2.13. The van der Waals surface area contributed by atoms with Gasteiger partial charge in [0.1, 0.15) is 0 Å². The molecule has 0 saturated heterocycles. The van der Waals surface area contributed by atoms with Crippen LogP contribution in [0.4, 0.5) is 10.5 Å². The maximum absolute atomic E-state index is 11.5. The molecule has 0 saturated carbocycles. The highest BCUT2D eigenvalue weighted by Crippen LogP contribution is 2.34. The van der Waals surface area contributed by atoms with Crippen LogP contribution in [0.1, 0.15) is 6.42 Å². The second kappa shape index (κ2) is 5.63. The predicted molar refractivity (Wildman–Crippen MR) is 64.9 cm³/mol. The van der Waals surface area contributed by atoms with Gasteiger partial charge < -0.3 is 20.1 Å². The number of fused-ring (bicyclic) bond motifs is 1. The highest BCUT2D eigenvalue weighted by atomic mass is 35.5. The smallest absolute Gasteiger partial charge is 0.319 e. The monoisotopic (exact) mass is 256 g/mol. The van der Waals surface area contributed by atoms with Gasteiger partial charge in [0.25, 0.3) is 0 Å². The molecule has 2 rings (SSSR count). The molecule has 0 aliphatic carbocycles. The number of benzene rings is 1. The number of hydrogen-bond donors (Lipinski definition) is 2. The van der Waals surface area contributed by atoms with Gasteiger partial charge >= 0.3 is 6.03 Å². The van der Waals surface area contributed by atoms with Crippen molar-refractivity contribution in [2.45, 2.75) is 6.42 Å². The first-order valence-electron chi connectivity index (χ1n) is 5.30. The van der Waals surface area contributed by atoms with E-state index in [0.717, 1.165) is 6.42 Å². The number of urea groups is 1. The lowest BCUT2D eigenvalue weighted by Crippen LogP contribution is -2.29. The number of carbonyl (C=O) groups excluding carboxylic acids is 1. The third-order valence-electron chi connectivity index (χ3n) is 2.23. The Morgan fingerprint density at radius 3 is 3.00 bits per heavy atom. The maximum atomic E-state index is 11.5. The molecule has 0 aromatic heterocycles. The summed E-state index contributed by atoms with van der Waals surface area (Å²) in [6.45, 7) is 0.778. The Kier molecular flexibility index (Phi) is 3.93. The number of ether oxygens (including phenoxy) is 2. The molecule has 0 unspecified atom stereocenters. The summed E-state index contributed by atoms with van der Waals surface area (Å²) < 4.78 is 10.4. The zero-order chi connectivity index (χ0) is 12.1. The first kappa shape index (κ1) is 11.9. The van der Waals surface area contributed by atoms with Gasteiger partial charge in [0.2, 0.25) is 6.79 Å². The van der Waals surface area contributed by atoms with Crippen molar-refractivity contribution in [3.8, 4) is 11.5 Å². The van der Waals surface area contributed by atoms with Crippen molar-refractivity contribution in [2.24, 2.45) is 0 Å². The van der Waals surface area contributed by atoms with E-state index >= 15 is 0 Å². The van der Waals surface area contributed by atoms with Crippen LogP contribution >= 0.6 is 11.6 Å². The molecule has 1 aromatic carbocycles. The lowest BCUT2D eigenvalue weighted by Gasteiger charge is -2.07. The zero-order valence-corrected chi connectivity index (χ0v) is 9.92. The third-order valence-corrected chi connectivity index (χ3v) is 2.49. The molecule has 1 heterocycles. The highest BCUT2D eigenvalue weighted by molar-refractivity contribution is 6.17. The van der Waals surface area contributed by atoms with E-state index in [1.54, 1.807) is 18.2 Å². The summed E-state index contributed by atoms with van der Waals surface area (Å²) in [6.07, 6.45) is 0.746. The van der Waals surface area contributed by atoms with E-state index in [1.807, 2.05) is 0 Å². The van der Waals surface area contributed by atoms with Crippen LogP contribution in [0.5, 0.6) is 11.5 Å². The van der Waals surface area contributed by atoms with E-state index < -0.39 is 0 Å². The number of halogens is 1. The molecule has 1 aliphatic heterocycles. The van der Waals surface area contributed by atoms with E-state index in [2.05, 4.69) is 10.6 Å². The fourth-order valence-corrected chi connectivity index (χ4v) is 1.55. The van der Waals surface area contributed by atoms with Crippen molar-refractivity contribution in [1.82, 2.24) is 5.32 Å². The van der Waals surface area contributed by atoms with Gasteiger partial charge in [-0.25, -0.2) is 4.79 Å². The van der Waals surface area contributed by atoms with E-state index in [0.29, 0.717) is 29.6 Å². The first-order chi connectivity index (χ1) is 8.29. The van der Waals surface area contributed by atoms with Crippen LogP contribution in [-0.2, 0) is 0 Å². The molecule has 6 heteroatoms. The van der Waals surface area contributed by atoms with Gasteiger partial charge in [0.15, 0.2) is 11.5 Å². The number of anilines is 1. The largest absolute Gasteiger partial charge is 0.454 e. The standard InChI is InChI=1S/C11H13ClN2O3/c12-4-1-5-13-11(15)14-8-2-3-9-10(6-8)17-7-16-9/h2-3,6H,1,4-5,7H2,(H2,13,14,15). The first-order valence-corrected chi connectivity index (χ1v) is 5.83. The summed E-state index contributed by atoms with van der Waals surface area (Å²) in [6, 6.07) is 4.99. The molecular weight excluding hydrogens is 244 g/mol. The number of hydrogen-bond acceptors (Lipinski definition) is 3. The number of carbonyl (C=O) groups is 1. The summed E-state index contributed by atoms with van der Waals surface area (Å²) in [4.78, 5) is 11.5. The van der Waals surface area contributed by atoms with Crippen molar-refractivity contribution in [1.29, 1.82) is 0 Å². The quantitative estimate of drug-likeness (QED) is 0.641. The van der Waals surface area contributed by atoms with E-state index in [9.17, 15) is 4.79 Å². The Morgan fingerprint density at radius 2 is 2.18 bits per heavy atom. The Morgan fingerprint density at radius 1 is 1.35 bits per heavy atom. The molecule has 0 bridgehead atoms. The molecule has 1 aromatic rings. The summed E-state index contributed by atoms with van der Waals surface area (Å²) in [7, 11) is 0. The molecular formula is C11H13ClN2O3. The van der Waals surface area contributed by atoms with Gasteiger partial charge in [-0.15, -0.1) is 11.6 Å². The zero-order valence-electron chi connectivity index (χ0n) is 9.16. The van der Waals surface area contributed by atoms with Crippen molar-refractivity contribution < 1.29 is 14.3 Å². The van der Waals surface area contributed by atoms with Crippen LogP contribution in [0, 0.1) is 0 Å². The Hall–Kier alpha value is -1.62. The second-order valence-corrected chi connectivity index (χ2v) is 3.87. The molecule has 17 heavy (non-hydrogen) atoms. The molecule has 2 amide bonds. The van der Waals surface area contributed by atoms with Crippen molar-refractivity contribution in [3.05, 3.63) is 18.2 Å². The van der Waals surface area contributed by atoms with Gasteiger partial charge in [-0.2, -0.15) is 0 Å². The van der Waals surface area contributed by atoms with Crippen LogP contribution in [0.2, 0.25) is 0 Å². The normalized spacial score (nSPS) is 12.3. The molecule has 92 valence electrons. The molecule has 0 fully saturated rings. The van der Waals surface area contributed by atoms with Crippen molar-refractivity contribution in [3.63, 3.8) is 0 Å². The molecule has 5 nitrogen and oxygen atoms in total. The minimum Gasteiger partial charge on any atom is -0.454 e. The van der Waals surface area contributed by atoms with Crippen LogP contribution in [0.3, 0.4) is 0 Å². The summed E-state index contributed by atoms with van der Waals surface area (Å²) in [5.74, 6) is 1.87. The second-order valence-electron chi connectivity index (χ2n) is 3.49. The molecule has 0 radical (unpaired) electrons. The third kappa shape index (κ3) is 3.17. The molecule has 0 atom stereocenters. The lowest BCUT2D eigenvalue weighted by atomic mass is 10.3. The van der Waals surface area contributed by atoms with Gasteiger partial charge in [-0.05, 0) is 18.6 Å². The molecule has 0 spiro atoms. The Balaban J connectivity index is 1.88. The van der Waals surface area contributed by atoms with Crippen molar-refractivity contribution >= 4 is 23.3 Å².